The van der Waals surface area contributed by atoms with Gasteiger partial charge in [0.2, 0.25) is 0 Å². The first-order valence-corrected chi connectivity index (χ1v) is 6.94. The van der Waals surface area contributed by atoms with Crippen molar-refractivity contribution in [3.63, 3.8) is 0 Å². The van der Waals surface area contributed by atoms with E-state index in [2.05, 4.69) is 15.9 Å². The summed E-state index contributed by atoms with van der Waals surface area (Å²) in [5.74, 6) is -7.03. The second kappa shape index (κ2) is 5.86. The molecule has 120 valence electrons. The van der Waals surface area contributed by atoms with E-state index in [0.717, 1.165) is 17.0 Å². The van der Waals surface area contributed by atoms with Crippen molar-refractivity contribution >= 4 is 27.8 Å². The third-order valence-electron chi connectivity index (χ3n) is 3.45. The fraction of sp³-hybridized carbons (Fsp3) is 0.385. The molecule has 1 amide bonds. The zero-order valence-electron chi connectivity index (χ0n) is 10.9. The summed E-state index contributed by atoms with van der Waals surface area (Å²) in [6, 6.07) is 3.26. The molecular weight excluding hydrogens is 374 g/mol. The maximum absolute atomic E-state index is 13.3. The number of aliphatic carboxylic acids is 1. The molecule has 1 aliphatic rings. The zero-order valence-corrected chi connectivity index (χ0v) is 12.5. The fourth-order valence-corrected chi connectivity index (χ4v) is 2.88. The van der Waals surface area contributed by atoms with Crippen molar-refractivity contribution in [1.29, 1.82) is 0 Å². The molecule has 0 aromatic heterocycles. The Morgan fingerprint density at radius 1 is 1.23 bits per heavy atom. The number of halogens is 5. The molecule has 1 fully saturated rings. The first kappa shape index (κ1) is 16.7. The number of alkyl halides is 3. The molecule has 2 atom stereocenters. The molecule has 1 saturated heterocycles. The topological polar surface area (TPSA) is 57.6 Å². The average Bonchev–Trinajstić information content (AvgIpc) is 2.81. The summed E-state index contributed by atoms with van der Waals surface area (Å²) in [5, 5.41) is 8.90. The van der Waals surface area contributed by atoms with E-state index < -0.39 is 48.8 Å². The number of benzene rings is 1. The highest BCUT2D eigenvalue weighted by Crippen LogP contribution is 2.38. The van der Waals surface area contributed by atoms with Gasteiger partial charge in [0.15, 0.2) is 0 Å². The van der Waals surface area contributed by atoms with Crippen molar-refractivity contribution in [2.45, 2.75) is 6.18 Å². The third-order valence-corrected chi connectivity index (χ3v) is 3.91. The highest BCUT2D eigenvalue weighted by Gasteiger charge is 2.53. The number of carboxylic acids is 1. The molecule has 0 bridgehead atoms. The summed E-state index contributed by atoms with van der Waals surface area (Å²) < 4.78 is 52.1. The highest BCUT2D eigenvalue weighted by molar-refractivity contribution is 9.10. The van der Waals surface area contributed by atoms with E-state index >= 15 is 0 Å². The Kier molecular flexibility index (Phi) is 4.46. The molecule has 0 radical (unpaired) electrons. The molecule has 2 rings (SSSR count). The van der Waals surface area contributed by atoms with Gasteiger partial charge < -0.3 is 10.0 Å². The van der Waals surface area contributed by atoms with Crippen molar-refractivity contribution in [2.75, 3.05) is 13.1 Å². The Morgan fingerprint density at radius 2 is 1.86 bits per heavy atom. The minimum Gasteiger partial charge on any atom is -0.481 e. The Hall–Kier alpha value is -1.64. The van der Waals surface area contributed by atoms with Gasteiger partial charge in [0.05, 0.1) is 11.8 Å². The number of amides is 1. The van der Waals surface area contributed by atoms with Crippen LogP contribution in [0.15, 0.2) is 22.7 Å². The Morgan fingerprint density at radius 3 is 2.32 bits per heavy atom. The van der Waals surface area contributed by atoms with Crippen LogP contribution in [0.2, 0.25) is 0 Å². The molecule has 1 aromatic carbocycles. The standard InChI is InChI=1S/C13H10BrF4NO3/c14-7-1-6(2-8(15)3-7)11(20)19-4-9(12(21)22)10(5-19)13(16,17)18/h1-3,9-10H,4-5H2,(H,21,22)/t9-,10-/m1/s1. The lowest BCUT2D eigenvalue weighted by molar-refractivity contribution is -0.187. The van der Waals surface area contributed by atoms with Gasteiger partial charge in [-0.1, -0.05) is 15.9 Å². The first-order valence-electron chi connectivity index (χ1n) is 6.14. The van der Waals surface area contributed by atoms with Crippen molar-refractivity contribution in [3.8, 4) is 0 Å². The predicted molar refractivity (Wildman–Crippen MR) is 70.7 cm³/mol. The van der Waals surface area contributed by atoms with Gasteiger partial charge in [-0.25, -0.2) is 4.39 Å². The van der Waals surface area contributed by atoms with E-state index in [1.54, 1.807) is 0 Å². The van der Waals surface area contributed by atoms with Gasteiger partial charge in [0, 0.05) is 23.1 Å². The lowest BCUT2D eigenvalue weighted by Gasteiger charge is -2.18. The maximum Gasteiger partial charge on any atom is 0.394 e. The van der Waals surface area contributed by atoms with Gasteiger partial charge in [-0.15, -0.1) is 0 Å². The summed E-state index contributed by atoms with van der Waals surface area (Å²) in [6.45, 7) is -1.32. The molecule has 4 nitrogen and oxygen atoms in total. The van der Waals surface area contributed by atoms with Crippen LogP contribution < -0.4 is 0 Å². The Labute approximate surface area is 130 Å². The molecule has 1 aromatic rings. The zero-order chi connectivity index (χ0) is 16.7. The van der Waals surface area contributed by atoms with E-state index in [9.17, 15) is 27.2 Å². The molecular formula is C13H10BrF4NO3. The van der Waals surface area contributed by atoms with Gasteiger partial charge in [0.25, 0.3) is 5.91 Å². The van der Waals surface area contributed by atoms with Crippen LogP contribution in [0.4, 0.5) is 17.6 Å². The minimum absolute atomic E-state index is 0.140. The van der Waals surface area contributed by atoms with Crippen molar-refractivity contribution < 1.29 is 32.3 Å². The Bertz CT molecular complexity index is 600. The average molecular weight is 384 g/mol. The molecule has 0 aliphatic carbocycles. The van der Waals surface area contributed by atoms with E-state index in [0.29, 0.717) is 0 Å². The number of carbonyl (C=O) groups is 2. The Balaban J connectivity index is 2.26. The quantitative estimate of drug-likeness (QED) is 0.798. The van der Waals surface area contributed by atoms with E-state index in [4.69, 9.17) is 5.11 Å². The molecule has 9 heteroatoms. The smallest absolute Gasteiger partial charge is 0.394 e. The summed E-state index contributed by atoms with van der Waals surface area (Å²) >= 11 is 2.98. The van der Waals surface area contributed by atoms with Crippen LogP contribution in [0.3, 0.4) is 0 Å². The summed E-state index contributed by atoms with van der Waals surface area (Å²) in [4.78, 5) is 23.9. The summed E-state index contributed by atoms with van der Waals surface area (Å²) in [6.07, 6.45) is -4.72. The normalized spacial score (nSPS) is 22.0. The largest absolute Gasteiger partial charge is 0.481 e. The van der Waals surface area contributed by atoms with Crippen LogP contribution in [0.1, 0.15) is 10.4 Å². The van der Waals surface area contributed by atoms with E-state index in [1.165, 1.54) is 6.07 Å². The predicted octanol–water partition coefficient (Wildman–Crippen LogP) is 2.92. The SMILES string of the molecule is O=C(O)[C@@H]1CN(C(=O)c2cc(F)cc(Br)c2)C[C@H]1C(F)(F)F. The van der Waals surface area contributed by atoms with E-state index in [1.807, 2.05) is 0 Å². The van der Waals surface area contributed by atoms with Crippen molar-refractivity contribution in [1.82, 2.24) is 4.90 Å². The third kappa shape index (κ3) is 3.40. The lowest BCUT2D eigenvalue weighted by Crippen LogP contribution is -2.34. The van der Waals surface area contributed by atoms with Gasteiger partial charge in [0.1, 0.15) is 5.82 Å². The number of carbonyl (C=O) groups excluding carboxylic acids is 1. The lowest BCUT2D eigenvalue weighted by atomic mass is 9.96. The molecule has 0 unspecified atom stereocenters. The first-order chi connectivity index (χ1) is 10.1. The fourth-order valence-electron chi connectivity index (χ4n) is 2.41. The minimum atomic E-state index is -4.72. The van der Waals surface area contributed by atoms with Crippen molar-refractivity contribution in [2.24, 2.45) is 11.8 Å². The van der Waals surface area contributed by atoms with Gasteiger partial charge in [-0.05, 0) is 18.2 Å². The summed E-state index contributed by atoms with van der Waals surface area (Å²) in [5.41, 5.74) is -0.140. The van der Waals surface area contributed by atoms with Crippen LogP contribution in [0.5, 0.6) is 0 Å². The molecule has 0 saturated carbocycles. The van der Waals surface area contributed by atoms with Gasteiger partial charge >= 0.3 is 12.1 Å². The molecule has 1 N–H and O–H groups in total. The van der Waals surface area contributed by atoms with Crippen LogP contribution in [-0.2, 0) is 4.79 Å². The monoisotopic (exact) mass is 383 g/mol. The number of carboxylic acid groups (broad SMARTS) is 1. The highest BCUT2D eigenvalue weighted by atomic mass is 79.9. The van der Waals surface area contributed by atoms with Crippen LogP contribution >= 0.6 is 15.9 Å². The number of likely N-dealkylation sites (tertiary alicyclic amines) is 1. The molecule has 1 aliphatic heterocycles. The number of nitrogens with zero attached hydrogens (tertiary/aromatic N) is 1. The maximum atomic E-state index is 13.3. The van der Waals surface area contributed by atoms with Gasteiger partial charge in [-0.3, -0.25) is 9.59 Å². The summed E-state index contributed by atoms with van der Waals surface area (Å²) in [7, 11) is 0. The van der Waals surface area contributed by atoms with Gasteiger partial charge in [-0.2, -0.15) is 13.2 Å². The van der Waals surface area contributed by atoms with Crippen molar-refractivity contribution in [3.05, 3.63) is 34.1 Å². The second-order valence-electron chi connectivity index (χ2n) is 4.96. The molecule has 22 heavy (non-hydrogen) atoms. The number of rotatable bonds is 2. The second-order valence-corrected chi connectivity index (χ2v) is 5.88. The molecule has 1 heterocycles. The number of hydrogen-bond donors (Lipinski definition) is 1. The number of hydrogen-bond acceptors (Lipinski definition) is 2. The van der Waals surface area contributed by atoms with Crippen LogP contribution in [0, 0.1) is 17.7 Å². The molecule has 0 spiro atoms. The van der Waals surface area contributed by atoms with Crippen LogP contribution in [-0.4, -0.2) is 41.1 Å². The van der Waals surface area contributed by atoms with Crippen LogP contribution in [0.25, 0.3) is 0 Å². The van der Waals surface area contributed by atoms with E-state index in [-0.39, 0.29) is 10.0 Å².